The Balaban J connectivity index is 1.80. The maximum absolute atomic E-state index is 11.7. The van der Waals surface area contributed by atoms with Gasteiger partial charge in [0.2, 0.25) is 0 Å². The highest BCUT2D eigenvalue weighted by Crippen LogP contribution is 2.32. The van der Waals surface area contributed by atoms with E-state index in [1.807, 2.05) is 31.2 Å². The molecule has 1 aliphatic rings. The monoisotopic (exact) mass is 389 g/mol. The van der Waals surface area contributed by atoms with Crippen molar-refractivity contribution in [3.05, 3.63) is 63.5 Å². The van der Waals surface area contributed by atoms with Crippen LogP contribution >= 0.6 is 23.4 Å². The molecule has 0 spiro atoms. The first-order valence-corrected chi connectivity index (χ1v) is 9.14. The van der Waals surface area contributed by atoms with Crippen LogP contribution in [0.15, 0.2) is 47.4 Å². The third-order valence-corrected chi connectivity index (χ3v) is 4.73. The minimum absolute atomic E-state index is 0.312. The molecule has 1 N–H and O–H groups in total. The van der Waals surface area contributed by atoms with Crippen molar-refractivity contribution >= 4 is 40.6 Å². The van der Waals surface area contributed by atoms with E-state index in [1.165, 1.54) is 0 Å². The Kier molecular flexibility index (Phi) is 5.85. The molecule has 134 valence electrons. The second kappa shape index (κ2) is 8.29. The molecule has 3 rings (SSSR count). The summed E-state index contributed by atoms with van der Waals surface area (Å²) in [6.07, 6.45) is 1.64. The fraction of sp³-hybridized carbons (Fsp3) is 0.158. The first kappa shape index (κ1) is 18.4. The minimum Gasteiger partial charge on any atom is -0.490 e. The van der Waals surface area contributed by atoms with Gasteiger partial charge in [-0.05, 0) is 48.5 Å². The summed E-state index contributed by atoms with van der Waals surface area (Å²) in [5.74, 6) is 0.745. The molecular formula is C19H16ClNO4S. The fourth-order valence-corrected chi connectivity index (χ4v) is 3.22. The molecule has 0 saturated carbocycles. The van der Waals surface area contributed by atoms with Crippen molar-refractivity contribution in [2.45, 2.75) is 13.5 Å². The van der Waals surface area contributed by atoms with Crippen LogP contribution in [0.1, 0.15) is 18.1 Å². The molecule has 0 bridgehead atoms. The number of imide groups is 1. The van der Waals surface area contributed by atoms with Crippen LogP contribution in [0, 0.1) is 0 Å². The van der Waals surface area contributed by atoms with E-state index in [0.717, 1.165) is 22.9 Å². The normalized spacial score (nSPS) is 15.2. The first-order chi connectivity index (χ1) is 12.6. The average Bonchev–Trinajstić information content (AvgIpc) is 2.93. The van der Waals surface area contributed by atoms with Crippen LogP contribution in [-0.2, 0) is 11.4 Å². The predicted molar refractivity (Wildman–Crippen MR) is 103 cm³/mol. The third-order valence-electron chi connectivity index (χ3n) is 3.55. The lowest BCUT2D eigenvalue weighted by Gasteiger charge is -2.13. The average molecular weight is 390 g/mol. The minimum atomic E-state index is -0.392. The Morgan fingerprint density at radius 1 is 1.12 bits per heavy atom. The summed E-state index contributed by atoms with van der Waals surface area (Å²) < 4.78 is 11.5. The van der Waals surface area contributed by atoms with Gasteiger partial charge in [-0.1, -0.05) is 35.9 Å². The molecule has 0 unspecified atom stereocenters. The summed E-state index contributed by atoms with van der Waals surface area (Å²) in [4.78, 5) is 23.3. The molecule has 0 aromatic heterocycles. The van der Waals surface area contributed by atoms with Crippen LogP contribution in [0.3, 0.4) is 0 Å². The highest BCUT2D eigenvalue weighted by Gasteiger charge is 2.25. The largest absolute Gasteiger partial charge is 0.490 e. The SMILES string of the molecule is CCOc1cc(/C=C2/SC(=O)NC2=O)ccc1OCc1ccccc1Cl. The van der Waals surface area contributed by atoms with Gasteiger partial charge in [-0.25, -0.2) is 0 Å². The number of rotatable bonds is 6. The number of amides is 2. The van der Waals surface area contributed by atoms with Gasteiger partial charge in [-0.15, -0.1) is 0 Å². The van der Waals surface area contributed by atoms with Crippen LogP contribution in [0.4, 0.5) is 4.79 Å². The van der Waals surface area contributed by atoms with Crippen LogP contribution < -0.4 is 14.8 Å². The number of benzene rings is 2. The molecule has 26 heavy (non-hydrogen) atoms. The molecule has 7 heteroatoms. The molecule has 1 saturated heterocycles. The van der Waals surface area contributed by atoms with Crippen molar-refractivity contribution in [3.8, 4) is 11.5 Å². The molecule has 0 aliphatic carbocycles. The summed E-state index contributed by atoms with van der Waals surface area (Å²) in [5.41, 5.74) is 1.62. The smallest absolute Gasteiger partial charge is 0.290 e. The van der Waals surface area contributed by atoms with E-state index in [4.69, 9.17) is 21.1 Å². The van der Waals surface area contributed by atoms with Gasteiger partial charge in [0.1, 0.15) is 6.61 Å². The van der Waals surface area contributed by atoms with Gasteiger partial charge in [0, 0.05) is 10.6 Å². The zero-order valence-corrected chi connectivity index (χ0v) is 15.5. The van der Waals surface area contributed by atoms with Crippen molar-refractivity contribution in [2.75, 3.05) is 6.61 Å². The number of thioether (sulfide) groups is 1. The van der Waals surface area contributed by atoms with Crippen LogP contribution in [0.2, 0.25) is 5.02 Å². The second-order valence-electron chi connectivity index (χ2n) is 5.37. The van der Waals surface area contributed by atoms with Crippen molar-refractivity contribution in [3.63, 3.8) is 0 Å². The van der Waals surface area contributed by atoms with Gasteiger partial charge in [0.15, 0.2) is 11.5 Å². The van der Waals surface area contributed by atoms with E-state index in [0.29, 0.717) is 34.6 Å². The number of hydrogen-bond donors (Lipinski definition) is 1. The number of nitrogens with one attached hydrogen (secondary N) is 1. The van der Waals surface area contributed by atoms with Crippen molar-refractivity contribution in [1.29, 1.82) is 0 Å². The van der Waals surface area contributed by atoms with E-state index in [-0.39, 0.29) is 5.24 Å². The molecular weight excluding hydrogens is 374 g/mol. The Morgan fingerprint density at radius 2 is 1.92 bits per heavy atom. The van der Waals surface area contributed by atoms with Gasteiger partial charge < -0.3 is 9.47 Å². The summed E-state index contributed by atoms with van der Waals surface area (Å²) in [6, 6.07) is 12.8. The Hall–Kier alpha value is -2.44. The molecule has 1 aliphatic heterocycles. The van der Waals surface area contributed by atoms with Gasteiger partial charge in [-0.2, -0.15) is 0 Å². The van der Waals surface area contributed by atoms with Gasteiger partial charge in [0.25, 0.3) is 11.1 Å². The number of carbonyl (C=O) groups excluding carboxylic acids is 2. The van der Waals surface area contributed by atoms with Crippen molar-refractivity contribution in [1.82, 2.24) is 5.32 Å². The summed E-state index contributed by atoms with van der Waals surface area (Å²) >= 11 is 7.03. The molecule has 0 radical (unpaired) electrons. The quantitative estimate of drug-likeness (QED) is 0.729. The lowest BCUT2D eigenvalue weighted by molar-refractivity contribution is -0.115. The maximum atomic E-state index is 11.7. The summed E-state index contributed by atoms with van der Waals surface area (Å²) in [5, 5.41) is 2.50. The maximum Gasteiger partial charge on any atom is 0.290 e. The molecule has 1 heterocycles. The molecule has 2 aromatic carbocycles. The van der Waals surface area contributed by atoms with Gasteiger partial charge in [-0.3, -0.25) is 14.9 Å². The number of hydrogen-bond acceptors (Lipinski definition) is 5. The Labute approximate surface area is 160 Å². The fourth-order valence-electron chi connectivity index (χ4n) is 2.35. The number of halogens is 1. The number of ether oxygens (including phenoxy) is 2. The van der Waals surface area contributed by atoms with E-state index < -0.39 is 5.91 Å². The topological polar surface area (TPSA) is 64.6 Å². The predicted octanol–water partition coefficient (Wildman–Crippen LogP) is 4.64. The van der Waals surface area contributed by atoms with Gasteiger partial charge >= 0.3 is 0 Å². The van der Waals surface area contributed by atoms with E-state index in [1.54, 1.807) is 24.3 Å². The highest BCUT2D eigenvalue weighted by atomic mass is 35.5. The summed E-state index contributed by atoms with van der Waals surface area (Å²) in [6.45, 7) is 2.66. The van der Waals surface area contributed by atoms with Crippen molar-refractivity contribution < 1.29 is 19.1 Å². The second-order valence-corrected chi connectivity index (χ2v) is 6.79. The van der Waals surface area contributed by atoms with Crippen LogP contribution in [-0.4, -0.2) is 17.8 Å². The van der Waals surface area contributed by atoms with Crippen molar-refractivity contribution in [2.24, 2.45) is 0 Å². The molecule has 2 amide bonds. The zero-order valence-electron chi connectivity index (χ0n) is 14.0. The Bertz CT molecular complexity index is 882. The number of carbonyl (C=O) groups is 2. The van der Waals surface area contributed by atoms with E-state index in [2.05, 4.69) is 5.32 Å². The lowest BCUT2D eigenvalue weighted by Crippen LogP contribution is -2.17. The van der Waals surface area contributed by atoms with E-state index >= 15 is 0 Å². The standard InChI is InChI=1S/C19H16ClNO4S/c1-2-24-16-9-12(10-17-18(22)21-19(23)26-17)7-8-15(16)25-11-13-5-3-4-6-14(13)20/h3-10H,2,11H2,1H3,(H,21,22,23)/b17-10+. The molecule has 5 nitrogen and oxygen atoms in total. The first-order valence-electron chi connectivity index (χ1n) is 7.94. The van der Waals surface area contributed by atoms with Gasteiger partial charge in [0.05, 0.1) is 11.5 Å². The zero-order chi connectivity index (χ0) is 18.5. The summed E-state index contributed by atoms with van der Waals surface area (Å²) in [7, 11) is 0. The van der Waals surface area contributed by atoms with E-state index in [9.17, 15) is 9.59 Å². The third kappa shape index (κ3) is 4.39. The van der Waals surface area contributed by atoms with Crippen LogP contribution in [0.25, 0.3) is 6.08 Å². The lowest BCUT2D eigenvalue weighted by atomic mass is 10.2. The highest BCUT2D eigenvalue weighted by molar-refractivity contribution is 8.18. The molecule has 1 fully saturated rings. The van der Waals surface area contributed by atoms with Crippen LogP contribution in [0.5, 0.6) is 11.5 Å². The molecule has 2 aromatic rings. The Morgan fingerprint density at radius 3 is 2.62 bits per heavy atom. The molecule has 0 atom stereocenters.